The van der Waals surface area contributed by atoms with E-state index in [2.05, 4.69) is 290 Å². The van der Waals surface area contributed by atoms with Gasteiger partial charge < -0.3 is 18.8 Å². The van der Waals surface area contributed by atoms with Crippen LogP contribution in [0.25, 0.3) is 98.6 Å². The van der Waals surface area contributed by atoms with Crippen LogP contribution >= 0.6 is 0 Å². The highest BCUT2D eigenvalue weighted by molar-refractivity contribution is 6.17. The van der Waals surface area contributed by atoms with Crippen LogP contribution < -0.4 is 14.5 Å². The number of hydrogen-bond donors (Lipinski definition) is 0. The zero-order chi connectivity index (χ0) is 57.0. The maximum Gasteiger partial charge on any atom is 0.146 e. The molecule has 0 spiro atoms. The zero-order valence-electron chi connectivity index (χ0n) is 48.3. The fourth-order valence-corrected chi connectivity index (χ4v) is 14.7. The van der Waals surface area contributed by atoms with E-state index in [1.165, 1.54) is 104 Å². The Morgan fingerprint density at radius 2 is 0.882 bits per heavy atom. The summed E-state index contributed by atoms with van der Waals surface area (Å²) < 4.78 is 10.8. The number of benzene rings is 12. The smallest absolute Gasteiger partial charge is 0.146 e. The van der Waals surface area contributed by atoms with Gasteiger partial charge in [-0.3, -0.25) is 4.90 Å². The Bertz CT molecular complexity index is 5310. The highest BCUT2D eigenvalue weighted by atomic mass is 16.5. The molecule has 0 amide bonds. The third-order valence-electron chi connectivity index (χ3n) is 19.0. The molecule has 0 unspecified atom stereocenters. The number of rotatable bonds is 8. The number of aromatic nitrogens is 3. The summed E-state index contributed by atoms with van der Waals surface area (Å²) in [6.45, 7) is 11.7. The molecule has 6 heteroatoms. The molecule has 5 heterocycles. The largest absolute Gasteiger partial charge is 0.497 e. The number of pyridine rings is 1. The van der Waals surface area contributed by atoms with Crippen molar-refractivity contribution in [2.24, 2.45) is 0 Å². The highest BCUT2D eigenvalue weighted by Crippen LogP contribution is 2.53. The number of methoxy groups -OCH3 is 1. The zero-order valence-corrected chi connectivity index (χ0v) is 48.3. The van der Waals surface area contributed by atoms with Gasteiger partial charge in [0, 0.05) is 71.5 Å². The molecule has 2 aliphatic heterocycles. The molecule has 85 heavy (non-hydrogen) atoms. The molecule has 12 aromatic carbocycles. The molecule has 0 saturated carbocycles. The van der Waals surface area contributed by atoms with Gasteiger partial charge in [0.1, 0.15) is 11.6 Å². The SMILES string of the molecule is COc1ccc(N(c2ccc3c(c2)c2cccc4c2n3-c2ccccc2C4(C)C)c2nc(-c3ccc4c(c3)C(C)(C)c3cccc5c6cc(N(c7ccc(C)cc7)c7cc8ccccc8c8ccccc78)ccc6n-4c35)cc3ccccc23)cc1. The number of ether oxygens (including phenoxy) is 1. The van der Waals surface area contributed by atoms with E-state index in [0.29, 0.717) is 0 Å². The molecule has 0 fully saturated rings. The summed E-state index contributed by atoms with van der Waals surface area (Å²) in [5, 5.41) is 12.0. The van der Waals surface area contributed by atoms with Crippen LogP contribution in [0.3, 0.4) is 0 Å². The topological polar surface area (TPSA) is 38.5 Å². The van der Waals surface area contributed by atoms with E-state index in [1.807, 2.05) is 12.1 Å². The summed E-state index contributed by atoms with van der Waals surface area (Å²) in [4.78, 5) is 10.6. The third-order valence-corrected chi connectivity index (χ3v) is 19.0. The first kappa shape index (κ1) is 49.2. The van der Waals surface area contributed by atoms with Gasteiger partial charge in [0.2, 0.25) is 0 Å². The molecule has 6 nitrogen and oxygen atoms in total. The van der Waals surface area contributed by atoms with Gasteiger partial charge in [-0.15, -0.1) is 0 Å². The maximum atomic E-state index is 5.82. The van der Waals surface area contributed by atoms with Crippen molar-refractivity contribution in [1.29, 1.82) is 0 Å². The van der Waals surface area contributed by atoms with Gasteiger partial charge in [0.25, 0.3) is 0 Å². The van der Waals surface area contributed by atoms with Crippen molar-refractivity contribution in [3.8, 4) is 28.4 Å². The summed E-state index contributed by atoms with van der Waals surface area (Å²) in [6.07, 6.45) is 0. The minimum absolute atomic E-state index is 0.163. The van der Waals surface area contributed by atoms with Crippen LogP contribution in [0.1, 0.15) is 55.5 Å². The third kappa shape index (κ3) is 7.09. The number of nitrogens with zero attached hydrogens (tertiary/aromatic N) is 5. The molecule has 15 aromatic rings. The monoisotopic (exact) mass is 1090 g/mol. The molecular weight excluding hydrogens is 1030 g/mol. The Hall–Kier alpha value is -10.4. The van der Waals surface area contributed by atoms with Gasteiger partial charge in [-0.2, -0.15) is 0 Å². The van der Waals surface area contributed by atoms with Gasteiger partial charge in [-0.1, -0.05) is 179 Å². The lowest BCUT2D eigenvalue weighted by Gasteiger charge is -2.35. The van der Waals surface area contributed by atoms with Crippen LogP contribution in [0.15, 0.2) is 249 Å². The minimum Gasteiger partial charge on any atom is -0.497 e. The summed E-state index contributed by atoms with van der Waals surface area (Å²) >= 11 is 0. The van der Waals surface area contributed by atoms with Crippen molar-refractivity contribution in [3.05, 3.63) is 277 Å². The van der Waals surface area contributed by atoms with Crippen molar-refractivity contribution in [2.75, 3.05) is 16.9 Å². The van der Waals surface area contributed by atoms with E-state index in [4.69, 9.17) is 9.72 Å². The van der Waals surface area contributed by atoms with Crippen LogP contribution in [-0.2, 0) is 10.8 Å². The van der Waals surface area contributed by atoms with Crippen molar-refractivity contribution < 1.29 is 4.74 Å². The Kier molecular flexibility index (Phi) is 10.4. The summed E-state index contributed by atoms with van der Waals surface area (Å²) in [5.74, 6) is 1.65. The number of hydrogen-bond acceptors (Lipinski definition) is 4. The van der Waals surface area contributed by atoms with E-state index < -0.39 is 0 Å². The molecule has 17 rings (SSSR count). The van der Waals surface area contributed by atoms with Crippen LogP contribution in [0.5, 0.6) is 5.75 Å². The lowest BCUT2D eigenvalue weighted by atomic mass is 9.74. The second kappa shape index (κ2) is 18.0. The van der Waals surface area contributed by atoms with Crippen molar-refractivity contribution in [2.45, 2.75) is 45.4 Å². The van der Waals surface area contributed by atoms with Crippen LogP contribution in [0.4, 0.5) is 34.3 Å². The second-order valence-corrected chi connectivity index (χ2v) is 24.4. The Morgan fingerprint density at radius 1 is 0.376 bits per heavy atom. The molecule has 0 N–H and O–H groups in total. The van der Waals surface area contributed by atoms with Crippen LogP contribution in [-0.4, -0.2) is 21.2 Å². The van der Waals surface area contributed by atoms with Crippen LogP contribution in [0, 0.1) is 6.92 Å². The van der Waals surface area contributed by atoms with E-state index in [0.717, 1.165) is 62.0 Å². The van der Waals surface area contributed by atoms with Gasteiger partial charge in [-0.25, -0.2) is 4.98 Å². The minimum atomic E-state index is -0.351. The van der Waals surface area contributed by atoms with Crippen LogP contribution in [0.2, 0.25) is 0 Å². The standard InChI is InChI=1S/C79H59N5O/c1-48-29-32-52(33-30-48)81(74-45-50-18-7-9-19-57(50)59-21-11-12-22-60(59)74)54-36-41-71-63(46-54)61-24-16-27-67-76(61)84(71)73-40-31-51(43-68(73)79(67,4)5)69-44-49-17-8-10-20-58(49)77(80-69)82(53-34-38-56(85-6)39-35-53)55-37-42-70-64(47-55)62-23-15-26-66-75(62)83(70)72-28-14-13-25-65(72)78(66,2)3/h7-47H,1-6H3. The number of fused-ring (bicyclic) bond motifs is 14. The van der Waals surface area contributed by atoms with E-state index in [9.17, 15) is 0 Å². The first-order valence-corrected chi connectivity index (χ1v) is 29.6. The highest BCUT2D eigenvalue weighted by Gasteiger charge is 2.37. The van der Waals surface area contributed by atoms with Gasteiger partial charge >= 0.3 is 0 Å². The fourth-order valence-electron chi connectivity index (χ4n) is 14.7. The lowest BCUT2D eigenvalue weighted by molar-refractivity contribution is 0.415. The Morgan fingerprint density at radius 3 is 1.55 bits per heavy atom. The van der Waals surface area contributed by atoms with Crippen molar-refractivity contribution in [3.63, 3.8) is 0 Å². The van der Waals surface area contributed by atoms with Gasteiger partial charge in [0.05, 0.1) is 51.9 Å². The Balaban J connectivity index is 0.836. The number of anilines is 6. The molecule has 406 valence electrons. The molecule has 3 aromatic heterocycles. The molecule has 0 bridgehead atoms. The van der Waals surface area contributed by atoms with Crippen molar-refractivity contribution >= 4 is 110 Å². The molecule has 0 radical (unpaired) electrons. The first-order chi connectivity index (χ1) is 41.5. The summed E-state index contributed by atoms with van der Waals surface area (Å²) in [6, 6.07) is 92.0. The molecule has 0 saturated heterocycles. The second-order valence-electron chi connectivity index (χ2n) is 24.4. The van der Waals surface area contributed by atoms with E-state index in [-0.39, 0.29) is 10.8 Å². The van der Waals surface area contributed by atoms with E-state index >= 15 is 0 Å². The Labute approximate surface area is 493 Å². The number of para-hydroxylation sites is 3. The summed E-state index contributed by atoms with van der Waals surface area (Å²) in [5.41, 5.74) is 20.6. The van der Waals surface area contributed by atoms with E-state index in [1.54, 1.807) is 7.11 Å². The normalized spacial score (nSPS) is 13.7. The molecule has 0 atom stereocenters. The predicted molar refractivity (Wildman–Crippen MR) is 356 cm³/mol. The first-order valence-electron chi connectivity index (χ1n) is 29.6. The van der Waals surface area contributed by atoms with Crippen molar-refractivity contribution in [1.82, 2.24) is 14.1 Å². The van der Waals surface area contributed by atoms with Gasteiger partial charge in [-0.05, 0) is 154 Å². The average Bonchev–Trinajstić information content (AvgIpc) is 1.72. The molecular formula is C79H59N5O. The predicted octanol–water partition coefficient (Wildman–Crippen LogP) is 20.9. The maximum absolute atomic E-state index is 5.82. The van der Waals surface area contributed by atoms with Gasteiger partial charge in [0.15, 0.2) is 0 Å². The quantitative estimate of drug-likeness (QED) is 0.142. The lowest BCUT2D eigenvalue weighted by Crippen LogP contribution is -2.26. The summed E-state index contributed by atoms with van der Waals surface area (Å²) in [7, 11) is 1.72. The molecule has 0 aliphatic carbocycles. The molecule has 2 aliphatic rings. The number of aryl methyl sites for hydroxylation is 1. The average molecular weight is 1090 g/mol. The fraction of sp³-hybridized carbons (Fsp3) is 0.101.